The van der Waals surface area contributed by atoms with E-state index >= 15 is 0 Å². The van der Waals surface area contributed by atoms with E-state index in [0.717, 1.165) is 12.1 Å². The minimum absolute atomic E-state index is 0.128. The molecule has 1 saturated heterocycles. The SMILES string of the molecule is COc1ccc([C@]2(O)CSC3=C(C#N)[C@H](c4ccc(C(F)(F)F)cc4)CC(=O)N32)cc1. The lowest BCUT2D eigenvalue weighted by atomic mass is 9.85. The zero-order valence-corrected chi connectivity index (χ0v) is 17.1. The van der Waals surface area contributed by atoms with E-state index in [1.807, 2.05) is 0 Å². The maximum absolute atomic E-state index is 13.1. The van der Waals surface area contributed by atoms with Crippen molar-refractivity contribution in [1.82, 2.24) is 4.90 Å². The van der Waals surface area contributed by atoms with Crippen LogP contribution < -0.4 is 4.74 Å². The van der Waals surface area contributed by atoms with Crippen molar-refractivity contribution in [3.63, 3.8) is 0 Å². The Hall–Kier alpha value is -2.96. The first kappa shape index (κ1) is 21.3. The molecule has 0 bridgehead atoms. The minimum atomic E-state index is -4.47. The van der Waals surface area contributed by atoms with E-state index in [-0.39, 0.29) is 17.7 Å². The molecule has 2 heterocycles. The van der Waals surface area contributed by atoms with Gasteiger partial charge in [-0.05, 0) is 29.8 Å². The Morgan fingerprint density at radius 1 is 1.19 bits per heavy atom. The molecule has 4 rings (SSSR count). The number of methoxy groups -OCH3 is 1. The number of allylic oxidation sites excluding steroid dienone is 1. The van der Waals surface area contributed by atoms with Gasteiger partial charge in [0.15, 0.2) is 5.72 Å². The average molecular weight is 446 g/mol. The van der Waals surface area contributed by atoms with Crippen LogP contribution in [0.25, 0.3) is 0 Å². The standard InChI is InChI=1S/C22H17F3N2O3S/c1-30-16-8-6-14(7-9-16)21(29)12-31-20-18(11-26)17(10-19(28)27(20)21)13-2-4-15(5-3-13)22(23,24)25/h2-9,17,29H,10,12H2,1H3/t17-,21+/m0/s1. The topological polar surface area (TPSA) is 73.6 Å². The van der Waals surface area contributed by atoms with Crippen LogP contribution in [0, 0.1) is 11.3 Å². The molecular weight excluding hydrogens is 429 g/mol. The highest BCUT2D eigenvalue weighted by molar-refractivity contribution is 8.03. The molecule has 5 nitrogen and oxygen atoms in total. The number of aliphatic hydroxyl groups is 1. The monoisotopic (exact) mass is 446 g/mol. The van der Waals surface area contributed by atoms with E-state index in [1.165, 1.54) is 35.9 Å². The van der Waals surface area contributed by atoms with Crippen LogP contribution in [-0.4, -0.2) is 28.8 Å². The van der Waals surface area contributed by atoms with Gasteiger partial charge in [0.25, 0.3) is 0 Å². The van der Waals surface area contributed by atoms with Crippen molar-refractivity contribution in [3.8, 4) is 11.8 Å². The molecule has 0 spiro atoms. The molecule has 1 amide bonds. The van der Waals surface area contributed by atoms with Gasteiger partial charge in [0.2, 0.25) is 5.91 Å². The Labute approximate surface area is 180 Å². The van der Waals surface area contributed by atoms with Crippen molar-refractivity contribution in [2.24, 2.45) is 0 Å². The summed E-state index contributed by atoms with van der Waals surface area (Å²) in [6, 6.07) is 13.2. The maximum atomic E-state index is 13.1. The maximum Gasteiger partial charge on any atom is 0.416 e. The number of rotatable bonds is 3. The number of nitrogens with zero attached hydrogens (tertiary/aromatic N) is 2. The first-order chi connectivity index (χ1) is 14.7. The molecule has 1 N–H and O–H groups in total. The molecule has 2 atom stereocenters. The summed E-state index contributed by atoms with van der Waals surface area (Å²) in [7, 11) is 1.52. The van der Waals surface area contributed by atoms with E-state index in [9.17, 15) is 28.3 Å². The van der Waals surface area contributed by atoms with Gasteiger partial charge in [0, 0.05) is 17.9 Å². The third-order valence-corrected chi connectivity index (χ3v) is 6.73. The lowest BCUT2D eigenvalue weighted by Crippen LogP contribution is -2.48. The third kappa shape index (κ3) is 3.56. The second-order valence-corrected chi connectivity index (χ2v) is 8.23. The molecular formula is C22H17F3N2O3S. The van der Waals surface area contributed by atoms with Gasteiger partial charge < -0.3 is 9.84 Å². The number of ether oxygens (including phenoxy) is 1. The number of benzene rings is 2. The summed E-state index contributed by atoms with van der Waals surface area (Å²) in [6.45, 7) is 0. The van der Waals surface area contributed by atoms with Gasteiger partial charge in [-0.25, -0.2) is 0 Å². The van der Waals surface area contributed by atoms with Crippen molar-refractivity contribution in [3.05, 3.63) is 75.8 Å². The highest BCUT2D eigenvalue weighted by Gasteiger charge is 2.51. The molecule has 0 radical (unpaired) electrons. The Bertz CT molecular complexity index is 1090. The van der Waals surface area contributed by atoms with Crippen LogP contribution in [0.5, 0.6) is 5.75 Å². The molecule has 2 aliphatic rings. The first-order valence-electron chi connectivity index (χ1n) is 9.33. The van der Waals surface area contributed by atoms with Crippen molar-refractivity contribution in [1.29, 1.82) is 5.26 Å². The van der Waals surface area contributed by atoms with Gasteiger partial charge in [-0.3, -0.25) is 9.69 Å². The molecule has 0 aliphatic carbocycles. The lowest BCUT2D eigenvalue weighted by molar-refractivity contribution is -0.149. The van der Waals surface area contributed by atoms with E-state index < -0.39 is 29.3 Å². The first-order valence-corrected chi connectivity index (χ1v) is 10.3. The molecule has 9 heteroatoms. The van der Waals surface area contributed by atoms with E-state index in [2.05, 4.69) is 6.07 Å². The number of fused-ring (bicyclic) bond motifs is 1. The second-order valence-electron chi connectivity index (χ2n) is 7.27. The fourth-order valence-corrected chi connectivity index (χ4v) is 5.24. The van der Waals surface area contributed by atoms with Crippen LogP contribution in [0.1, 0.15) is 29.0 Å². The number of amides is 1. The van der Waals surface area contributed by atoms with Crippen molar-refractivity contribution in [2.75, 3.05) is 12.9 Å². The smallest absolute Gasteiger partial charge is 0.416 e. The molecule has 160 valence electrons. The average Bonchev–Trinajstić information content (AvgIpc) is 3.12. The molecule has 2 aliphatic heterocycles. The van der Waals surface area contributed by atoms with Crippen LogP contribution in [0.4, 0.5) is 13.2 Å². The van der Waals surface area contributed by atoms with Crippen LogP contribution in [0.2, 0.25) is 0 Å². The highest BCUT2D eigenvalue weighted by Crippen LogP contribution is 2.51. The molecule has 2 aromatic carbocycles. The fraction of sp³-hybridized carbons (Fsp3) is 0.273. The predicted octanol–water partition coefficient (Wildman–Crippen LogP) is 4.36. The van der Waals surface area contributed by atoms with Crippen molar-refractivity contribution in [2.45, 2.75) is 24.2 Å². The molecule has 0 aromatic heterocycles. The van der Waals surface area contributed by atoms with Gasteiger partial charge >= 0.3 is 6.18 Å². The number of thioether (sulfide) groups is 1. The third-order valence-electron chi connectivity index (χ3n) is 5.50. The summed E-state index contributed by atoms with van der Waals surface area (Å²) in [5, 5.41) is 21.5. The van der Waals surface area contributed by atoms with E-state index in [0.29, 0.717) is 21.9 Å². The van der Waals surface area contributed by atoms with Crippen molar-refractivity contribution >= 4 is 17.7 Å². The number of hydrogen-bond donors (Lipinski definition) is 1. The number of carbonyl (C=O) groups is 1. The summed E-state index contributed by atoms with van der Waals surface area (Å²) in [5.74, 6) is -0.344. The van der Waals surface area contributed by atoms with Crippen LogP contribution in [0.3, 0.4) is 0 Å². The van der Waals surface area contributed by atoms with Crippen LogP contribution in [0.15, 0.2) is 59.1 Å². The zero-order valence-electron chi connectivity index (χ0n) is 16.3. The Kier molecular flexibility index (Phi) is 5.23. The predicted molar refractivity (Wildman–Crippen MR) is 108 cm³/mol. The molecule has 0 saturated carbocycles. The van der Waals surface area contributed by atoms with Gasteiger partial charge in [-0.2, -0.15) is 18.4 Å². The Morgan fingerprint density at radius 2 is 1.84 bits per heavy atom. The lowest BCUT2D eigenvalue weighted by Gasteiger charge is -2.38. The fourth-order valence-electron chi connectivity index (χ4n) is 3.89. The normalized spacial score (nSPS) is 23.5. The number of nitriles is 1. The largest absolute Gasteiger partial charge is 0.497 e. The quantitative estimate of drug-likeness (QED) is 0.759. The number of carbonyl (C=O) groups excluding carboxylic acids is 1. The molecule has 31 heavy (non-hydrogen) atoms. The van der Waals surface area contributed by atoms with E-state index in [1.54, 1.807) is 24.3 Å². The van der Waals surface area contributed by atoms with Crippen molar-refractivity contribution < 1.29 is 27.8 Å². The minimum Gasteiger partial charge on any atom is -0.497 e. The second kappa shape index (κ2) is 7.62. The number of hydrogen-bond acceptors (Lipinski definition) is 5. The summed E-state index contributed by atoms with van der Waals surface area (Å²) >= 11 is 1.18. The summed E-state index contributed by atoms with van der Waals surface area (Å²) < 4.78 is 43.8. The van der Waals surface area contributed by atoms with Gasteiger partial charge in [0.1, 0.15) is 5.75 Å². The summed E-state index contributed by atoms with van der Waals surface area (Å²) in [6.07, 6.45) is -4.60. The zero-order chi connectivity index (χ0) is 22.4. The summed E-state index contributed by atoms with van der Waals surface area (Å²) in [5.41, 5.74) is -1.24. The van der Waals surface area contributed by atoms with E-state index in [4.69, 9.17) is 4.74 Å². The highest BCUT2D eigenvalue weighted by atomic mass is 32.2. The van der Waals surface area contributed by atoms with Crippen LogP contribution >= 0.6 is 11.8 Å². The van der Waals surface area contributed by atoms with Gasteiger partial charge in [-0.1, -0.05) is 24.3 Å². The number of alkyl halides is 3. The van der Waals surface area contributed by atoms with Gasteiger partial charge in [0.05, 0.1) is 35.1 Å². The van der Waals surface area contributed by atoms with Crippen LogP contribution in [-0.2, 0) is 16.7 Å². The molecule has 1 fully saturated rings. The molecule has 2 aromatic rings. The summed E-state index contributed by atoms with van der Waals surface area (Å²) in [4.78, 5) is 14.3. The molecule has 0 unspecified atom stereocenters. The Balaban J connectivity index is 1.73. The van der Waals surface area contributed by atoms with Gasteiger partial charge in [-0.15, -0.1) is 11.8 Å². The number of halogens is 3. The Morgan fingerprint density at radius 3 is 2.39 bits per heavy atom.